The van der Waals surface area contributed by atoms with Crippen LogP contribution in [0.15, 0.2) is 30.3 Å². The van der Waals surface area contributed by atoms with Gasteiger partial charge < -0.3 is 0 Å². The first-order valence-electron chi connectivity index (χ1n) is 4.41. The van der Waals surface area contributed by atoms with Gasteiger partial charge in [0.05, 0.1) is 18.2 Å². The van der Waals surface area contributed by atoms with Crippen molar-refractivity contribution in [3.8, 4) is 0 Å². The number of hydrazine groups is 1. The van der Waals surface area contributed by atoms with E-state index in [9.17, 15) is 4.79 Å². The van der Waals surface area contributed by atoms with Crippen LogP contribution < -0.4 is 10.4 Å². The average Bonchev–Trinajstić information content (AvgIpc) is 2.47. The van der Waals surface area contributed by atoms with Crippen LogP contribution >= 0.6 is 0 Å². The summed E-state index contributed by atoms with van der Waals surface area (Å²) in [7, 11) is 0. The van der Waals surface area contributed by atoms with E-state index in [2.05, 4.69) is 5.43 Å². The SMILES string of the molecule is CC1CC(=O)NN1c1ccccc1. The fourth-order valence-corrected chi connectivity index (χ4v) is 1.56. The van der Waals surface area contributed by atoms with Crippen LogP contribution in [0.1, 0.15) is 13.3 Å². The van der Waals surface area contributed by atoms with E-state index in [1.54, 1.807) is 0 Å². The summed E-state index contributed by atoms with van der Waals surface area (Å²) in [5.74, 6) is 0.0938. The van der Waals surface area contributed by atoms with Crippen molar-refractivity contribution in [3.63, 3.8) is 0 Å². The monoisotopic (exact) mass is 176 g/mol. The van der Waals surface area contributed by atoms with Gasteiger partial charge in [0.25, 0.3) is 0 Å². The van der Waals surface area contributed by atoms with Gasteiger partial charge in [-0.2, -0.15) is 0 Å². The van der Waals surface area contributed by atoms with E-state index in [4.69, 9.17) is 0 Å². The summed E-state index contributed by atoms with van der Waals surface area (Å²) >= 11 is 0. The van der Waals surface area contributed by atoms with Gasteiger partial charge >= 0.3 is 0 Å². The maximum Gasteiger partial charge on any atom is 0.240 e. The number of rotatable bonds is 1. The van der Waals surface area contributed by atoms with Crippen LogP contribution in [-0.4, -0.2) is 11.9 Å². The van der Waals surface area contributed by atoms with Gasteiger partial charge in [-0.05, 0) is 19.1 Å². The summed E-state index contributed by atoms with van der Waals surface area (Å²) in [6.07, 6.45) is 0.578. The summed E-state index contributed by atoms with van der Waals surface area (Å²) in [4.78, 5) is 11.1. The minimum absolute atomic E-state index is 0.0938. The summed E-state index contributed by atoms with van der Waals surface area (Å²) in [6, 6.07) is 10.1. The largest absolute Gasteiger partial charge is 0.282 e. The van der Waals surface area contributed by atoms with Crippen molar-refractivity contribution in [3.05, 3.63) is 30.3 Å². The minimum atomic E-state index is 0.0938. The first kappa shape index (κ1) is 8.10. The van der Waals surface area contributed by atoms with E-state index in [1.807, 2.05) is 42.3 Å². The lowest BCUT2D eigenvalue weighted by atomic mass is 10.2. The number of para-hydroxylation sites is 1. The Morgan fingerprint density at radius 3 is 2.62 bits per heavy atom. The third-order valence-corrected chi connectivity index (χ3v) is 2.20. The van der Waals surface area contributed by atoms with E-state index in [0.29, 0.717) is 6.42 Å². The number of hydrogen-bond donors (Lipinski definition) is 1. The van der Waals surface area contributed by atoms with Gasteiger partial charge in [0.15, 0.2) is 0 Å². The van der Waals surface area contributed by atoms with E-state index in [0.717, 1.165) is 5.69 Å². The van der Waals surface area contributed by atoms with E-state index >= 15 is 0 Å². The van der Waals surface area contributed by atoms with Gasteiger partial charge in [-0.25, -0.2) is 0 Å². The highest BCUT2D eigenvalue weighted by Gasteiger charge is 2.26. The van der Waals surface area contributed by atoms with Crippen LogP contribution in [0.3, 0.4) is 0 Å². The molecule has 1 atom stereocenters. The normalized spacial score (nSPS) is 21.8. The Labute approximate surface area is 77.3 Å². The molecule has 1 aliphatic rings. The molecule has 1 aliphatic heterocycles. The molecule has 1 aromatic carbocycles. The number of carbonyl (C=O) groups excluding carboxylic acids is 1. The lowest BCUT2D eigenvalue weighted by molar-refractivity contribution is -0.119. The molecule has 3 nitrogen and oxygen atoms in total. The Kier molecular flexibility index (Phi) is 1.93. The Morgan fingerprint density at radius 1 is 1.38 bits per heavy atom. The number of carbonyl (C=O) groups is 1. The summed E-state index contributed by atoms with van der Waals surface area (Å²) in [6.45, 7) is 2.03. The van der Waals surface area contributed by atoms with Crippen LogP contribution in [0.4, 0.5) is 5.69 Å². The highest BCUT2D eigenvalue weighted by Crippen LogP contribution is 2.19. The number of amides is 1. The molecule has 0 saturated carbocycles. The Bertz CT molecular complexity index is 310. The van der Waals surface area contributed by atoms with Crippen molar-refractivity contribution < 1.29 is 4.79 Å². The van der Waals surface area contributed by atoms with Gasteiger partial charge in [0.1, 0.15) is 0 Å². The molecule has 1 unspecified atom stereocenters. The molecule has 1 N–H and O–H groups in total. The Hall–Kier alpha value is -1.51. The molecule has 0 spiro atoms. The highest BCUT2D eigenvalue weighted by molar-refractivity contribution is 5.82. The summed E-state index contributed by atoms with van der Waals surface area (Å²) < 4.78 is 0. The second-order valence-electron chi connectivity index (χ2n) is 3.29. The first-order chi connectivity index (χ1) is 6.27. The van der Waals surface area contributed by atoms with Crippen molar-refractivity contribution in [2.24, 2.45) is 0 Å². The van der Waals surface area contributed by atoms with E-state index in [-0.39, 0.29) is 11.9 Å². The molecule has 2 rings (SSSR count). The van der Waals surface area contributed by atoms with Crippen LogP contribution in [0, 0.1) is 0 Å². The molecule has 1 aromatic rings. The Balaban J connectivity index is 2.23. The average molecular weight is 176 g/mol. The first-order valence-corrected chi connectivity index (χ1v) is 4.41. The maximum absolute atomic E-state index is 11.1. The molecule has 0 bridgehead atoms. The molecule has 1 heterocycles. The Morgan fingerprint density at radius 2 is 2.08 bits per heavy atom. The molecule has 1 fully saturated rings. The molecule has 1 saturated heterocycles. The molecule has 3 heteroatoms. The number of hydrogen-bond acceptors (Lipinski definition) is 2. The van der Waals surface area contributed by atoms with E-state index < -0.39 is 0 Å². The van der Waals surface area contributed by atoms with Crippen molar-refractivity contribution in [2.45, 2.75) is 19.4 Å². The standard InChI is InChI=1S/C10H12N2O/c1-8-7-10(13)11-12(8)9-5-3-2-4-6-9/h2-6,8H,7H2,1H3,(H,11,13). The molecular weight excluding hydrogens is 164 g/mol. The van der Waals surface area contributed by atoms with Crippen molar-refractivity contribution in [2.75, 3.05) is 5.01 Å². The predicted molar refractivity (Wildman–Crippen MR) is 51.1 cm³/mol. The smallest absolute Gasteiger partial charge is 0.240 e. The second kappa shape index (κ2) is 3.09. The van der Waals surface area contributed by atoms with Gasteiger partial charge in [-0.3, -0.25) is 15.2 Å². The zero-order chi connectivity index (χ0) is 9.26. The minimum Gasteiger partial charge on any atom is -0.282 e. The fraction of sp³-hybridized carbons (Fsp3) is 0.300. The number of anilines is 1. The highest BCUT2D eigenvalue weighted by atomic mass is 16.2. The zero-order valence-electron chi connectivity index (χ0n) is 7.53. The van der Waals surface area contributed by atoms with E-state index in [1.165, 1.54) is 0 Å². The number of nitrogens with one attached hydrogen (secondary N) is 1. The lowest BCUT2D eigenvalue weighted by Gasteiger charge is -2.22. The molecule has 0 aromatic heterocycles. The third-order valence-electron chi connectivity index (χ3n) is 2.20. The van der Waals surface area contributed by atoms with Gasteiger partial charge in [0, 0.05) is 0 Å². The number of nitrogens with zero attached hydrogens (tertiary/aromatic N) is 1. The van der Waals surface area contributed by atoms with Gasteiger partial charge in [-0.15, -0.1) is 0 Å². The summed E-state index contributed by atoms with van der Waals surface area (Å²) in [5, 5.41) is 1.91. The topological polar surface area (TPSA) is 32.3 Å². The van der Waals surface area contributed by atoms with Crippen molar-refractivity contribution in [1.29, 1.82) is 0 Å². The summed E-state index contributed by atoms with van der Waals surface area (Å²) in [5.41, 5.74) is 3.86. The van der Waals surface area contributed by atoms with Gasteiger partial charge in [0.2, 0.25) is 5.91 Å². The third kappa shape index (κ3) is 1.49. The fourth-order valence-electron chi connectivity index (χ4n) is 1.56. The molecular formula is C10H12N2O. The molecule has 13 heavy (non-hydrogen) atoms. The predicted octanol–water partition coefficient (Wildman–Crippen LogP) is 1.32. The van der Waals surface area contributed by atoms with Crippen LogP contribution in [0.25, 0.3) is 0 Å². The van der Waals surface area contributed by atoms with Crippen LogP contribution in [0.2, 0.25) is 0 Å². The zero-order valence-corrected chi connectivity index (χ0v) is 7.53. The van der Waals surface area contributed by atoms with Crippen LogP contribution in [0.5, 0.6) is 0 Å². The molecule has 0 radical (unpaired) electrons. The maximum atomic E-state index is 11.1. The second-order valence-corrected chi connectivity index (χ2v) is 3.29. The quantitative estimate of drug-likeness (QED) is 0.699. The molecule has 68 valence electrons. The van der Waals surface area contributed by atoms with Gasteiger partial charge in [-0.1, -0.05) is 18.2 Å². The molecule has 0 aliphatic carbocycles. The van der Waals surface area contributed by atoms with Crippen LogP contribution in [-0.2, 0) is 4.79 Å². The number of benzene rings is 1. The lowest BCUT2D eigenvalue weighted by Crippen LogP contribution is -2.36. The van der Waals surface area contributed by atoms with Crippen molar-refractivity contribution >= 4 is 11.6 Å². The van der Waals surface area contributed by atoms with Crippen molar-refractivity contribution in [1.82, 2.24) is 5.43 Å². The molecule has 1 amide bonds.